The molecule has 8 heteroatoms. The molecule has 1 unspecified atom stereocenters. The molecule has 2 fully saturated rings. The normalized spacial score (nSPS) is 22.9. The molecule has 0 bridgehead atoms. The maximum absolute atomic E-state index is 12.5. The van der Waals surface area contributed by atoms with E-state index in [2.05, 4.69) is 11.6 Å². The van der Waals surface area contributed by atoms with E-state index in [-0.39, 0.29) is 0 Å². The Bertz CT molecular complexity index is 692. The fourth-order valence-electron chi connectivity index (χ4n) is 2.94. The number of piperidine rings is 1. The standard InChI is InChI=1S/C15H21N3O4S/c1-12-4-3-7-17(11-12)23(20,21)16-13-5-2-6-14(10-13)18-8-9-22-15(18)19/h2,5-6,10,12,16H,3-4,7-9,11H2,1H3. The van der Waals surface area contributed by atoms with Crippen LogP contribution in [-0.4, -0.2) is 45.1 Å². The Labute approximate surface area is 136 Å². The van der Waals surface area contributed by atoms with Crippen LogP contribution < -0.4 is 9.62 Å². The smallest absolute Gasteiger partial charge is 0.414 e. The molecule has 7 nitrogen and oxygen atoms in total. The van der Waals surface area contributed by atoms with Gasteiger partial charge in [-0.15, -0.1) is 0 Å². The predicted molar refractivity (Wildman–Crippen MR) is 87.6 cm³/mol. The van der Waals surface area contributed by atoms with Crippen molar-refractivity contribution in [2.75, 3.05) is 35.9 Å². The number of hydrogen-bond acceptors (Lipinski definition) is 4. The highest BCUT2D eigenvalue weighted by Gasteiger charge is 2.28. The first-order valence-electron chi connectivity index (χ1n) is 7.78. The maximum atomic E-state index is 12.5. The Hall–Kier alpha value is -1.80. The minimum atomic E-state index is -3.57. The van der Waals surface area contributed by atoms with E-state index in [1.807, 2.05) is 0 Å². The zero-order valence-corrected chi connectivity index (χ0v) is 13.9. The molecule has 0 aromatic heterocycles. The van der Waals surface area contributed by atoms with E-state index >= 15 is 0 Å². The van der Waals surface area contributed by atoms with Gasteiger partial charge in [0.05, 0.1) is 12.2 Å². The number of ether oxygens (including phenoxy) is 1. The van der Waals surface area contributed by atoms with E-state index in [0.29, 0.717) is 43.5 Å². The monoisotopic (exact) mass is 339 g/mol. The second-order valence-corrected chi connectivity index (χ2v) is 7.70. The van der Waals surface area contributed by atoms with Crippen molar-refractivity contribution >= 4 is 27.7 Å². The fraction of sp³-hybridized carbons (Fsp3) is 0.533. The minimum Gasteiger partial charge on any atom is -0.447 e. The lowest BCUT2D eigenvalue weighted by molar-refractivity contribution is 0.181. The molecule has 0 radical (unpaired) electrons. The molecule has 23 heavy (non-hydrogen) atoms. The molecule has 0 saturated carbocycles. The first kappa shape index (κ1) is 16.1. The molecule has 3 rings (SSSR count). The third-order valence-corrected chi connectivity index (χ3v) is 5.63. The van der Waals surface area contributed by atoms with Gasteiger partial charge in [-0.25, -0.2) is 4.79 Å². The molecule has 126 valence electrons. The summed E-state index contributed by atoms with van der Waals surface area (Å²) in [5, 5.41) is 0. The van der Waals surface area contributed by atoms with Crippen molar-refractivity contribution in [2.45, 2.75) is 19.8 Å². The predicted octanol–water partition coefficient (Wildman–Crippen LogP) is 2.03. The number of amides is 1. The average Bonchev–Trinajstić information content (AvgIpc) is 2.93. The van der Waals surface area contributed by atoms with Crippen LogP contribution in [0.15, 0.2) is 24.3 Å². The Morgan fingerprint density at radius 3 is 2.83 bits per heavy atom. The first-order chi connectivity index (χ1) is 11.0. The van der Waals surface area contributed by atoms with Crippen LogP contribution in [0.1, 0.15) is 19.8 Å². The summed E-state index contributed by atoms with van der Waals surface area (Å²) in [6, 6.07) is 6.80. The maximum Gasteiger partial charge on any atom is 0.414 e. The Balaban J connectivity index is 1.75. The van der Waals surface area contributed by atoms with E-state index in [1.54, 1.807) is 24.3 Å². The van der Waals surface area contributed by atoms with Crippen molar-refractivity contribution in [2.24, 2.45) is 5.92 Å². The molecule has 2 aliphatic rings. The molecule has 1 aromatic carbocycles. The molecule has 0 spiro atoms. The van der Waals surface area contributed by atoms with Gasteiger partial charge in [-0.3, -0.25) is 9.62 Å². The summed E-state index contributed by atoms with van der Waals surface area (Å²) in [5.74, 6) is 0.367. The van der Waals surface area contributed by atoms with E-state index < -0.39 is 16.3 Å². The van der Waals surface area contributed by atoms with E-state index in [0.717, 1.165) is 12.8 Å². The van der Waals surface area contributed by atoms with Crippen molar-refractivity contribution in [3.63, 3.8) is 0 Å². The van der Waals surface area contributed by atoms with Crippen molar-refractivity contribution < 1.29 is 17.9 Å². The minimum absolute atomic E-state index is 0.348. The number of carbonyl (C=O) groups excluding carboxylic acids is 1. The Morgan fingerprint density at radius 1 is 1.30 bits per heavy atom. The van der Waals surface area contributed by atoms with Crippen LogP contribution in [0.3, 0.4) is 0 Å². The molecule has 0 aliphatic carbocycles. The quantitative estimate of drug-likeness (QED) is 0.910. The summed E-state index contributed by atoms with van der Waals surface area (Å²) in [5.41, 5.74) is 1.07. The van der Waals surface area contributed by atoms with E-state index in [4.69, 9.17) is 4.74 Å². The highest BCUT2D eigenvalue weighted by molar-refractivity contribution is 7.90. The summed E-state index contributed by atoms with van der Waals surface area (Å²) in [7, 11) is -3.57. The van der Waals surface area contributed by atoms with Crippen molar-refractivity contribution in [3.8, 4) is 0 Å². The van der Waals surface area contributed by atoms with Crippen LogP contribution in [0.5, 0.6) is 0 Å². The topological polar surface area (TPSA) is 79.0 Å². The fourth-order valence-corrected chi connectivity index (χ4v) is 4.32. The molecule has 2 saturated heterocycles. The van der Waals surface area contributed by atoms with Gasteiger partial charge < -0.3 is 4.74 Å². The summed E-state index contributed by atoms with van der Waals surface area (Å²) < 4.78 is 34.0. The molecule has 2 heterocycles. The van der Waals surface area contributed by atoms with Gasteiger partial charge in [0.1, 0.15) is 6.61 Å². The van der Waals surface area contributed by atoms with Crippen molar-refractivity contribution in [1.29, 1.82) is 0 Å². The lowest BCUT2D eigenvalue weighted by atomic mass is 10.0. The SMILES string of the molecule is CC1CCCN(S(=O)(=O)Nc2cccc(N3CCOC3=O)c2)C1. The van der Waals surface area contributed by atoms with Gasteiger partial charge in [0.2, 0.25) is 0 Å². The number of anilines is 2. The summed E-state index contributed by atoms with van der Waals surface area (Å²) in [6.07, 6.45) is 1.52. The van der Waals surface area contributed by atoms with Crippen LogP contribution in [0.2, 0.25) is 0 Å². The Morgan fingerprint density at radius 2 is 2.13 bits per heavy atom. The summed E-state index contributed by atoms with van der Waals surface area (Å²) in [4.78, 5) is 13.1. The molecule has 1 N–H and O–H groups in total. The third-order valence-electron chi connectivity index (χ3n) is 4.13. The zero-order valence-electron chi connectivity index (χ0n) is 13.1. The second kappa shape index (κ2) is 6.37. The molecule has 1 aromatic rings. The van der Waals surface area contributed by atoms with Gasteiger partial charge in [-0.2, -0.15) is 12.7 Å². The highest BCUT2D eigenvalue weighted by atomic mass is 32.2. The largest absolute Gasteiger partial charge is 0.447 e. The number of rotatable bonds is 4. The third kappa shape index (κ3) is 3.59. The van der Waals surface area contributed by atoms with E-state index in [1.165, 1.54) is 9.21 Å². The zero-order chi connectivity index (χ0) is 16.4. The molecular weight excluding hydrogens is 318 g/mol. The highest BCUT2D eigenvalue weighted by Crippen LogP contribution is 2.25. The van der Waals surface area contributed by atoms with Gasteiger partial charge in [0, 0.05) is 18.8 Å². The number of carbonyl (C=O) groups is 1. The number of nitrogens with one attached hydrogen (secondary N) is 1. The lowest BCUT2D eigenvalue weighted by Crippen LogP contribution is -2.42. The number of hydrogen-bond donors (Lipinski definition) is 1. The first-order valence-corrected chi connectivity index (χ1v) is 9.22. The summed E-state index contributed by atoms with van der Waals surface area (Å²) >= 11 is 0. The van der Waals surface area contributed by atoms with Gasteiger partial charge in [-0.05, 0) is 37.0 Å². The van der Waals surface area contributed by atoms with Gasteiger partial charge >= 0.3 is 16.3 Å². The number of benzene rings is 1. The van der Waals surface area contributed by atoms with Gasteiger partial charge in [-0.1, -0.05) is 13.0 Å². The molecule has 1 amide bonds. The molecular formula is C15H21N3O4S. The number of nitrogens with zero attached hydrogens (tertiary/aromatic N) is 2. The van der Waals surface area contributed by atoms with E-state index in [9.17, 15) is 13.2 Å². The Kier molecular flexibility index (Phi) is 4.45. The molecule has 1 atom stereocenters. The van der Waals surface area contributed by atoms with Crippen LogP contribution >= 0.6 is 0 Å². The van der Waals surface area contributed by atoms with Crippen molar-refractivity contribution in [3.05, 3.63) is 24.3 Å². The lowest BCUT2D eigenvalue weighted by Gasteiger charge is -2.30. The van der Waals surface area contributed by atoms with Gasteiger partial charge in [0.15, 0.2) is 0 Å². The van der Waals surface area contributed by atoms with Crippen LogP contribution in [0.25, 0.3) is 0 Å². The average molecular weight is 339 g/mol. The summed E-state index contributed by atoms with van der Waals surface area (Å²) in [6.45, 7) is 3.95. The second-order valence-electron chi connectivity index (χ2n) is 6.03. The molecule has 2 aliphatic heterocycles. The van der Waals surface area contributed by atoms with Crippen molar-refractivity contribution in [1.82, 2.24) is 4.31 Å². The van der Waals surface area contributed by atoms with Gasteiger partial charge in [0.25, 0.3) is 0 Å². The van der Waals surface area contributed by atoms with Crippen LogP contribution in [0.4, 0.5) is 16.2 Å². The van der Waals surface area contributed by atoms with Crippen LogP contribution in [0, 0.1) is 5.92 Å². The number of cyclic esters (lactones) is 1. The van der Waals surface area contributed by atoms with Crippen LogP contribution in [-0.2, 0) is 14.9 Å².